The fourth-order valence-corrected chi connectivity index (χ4v) is 6.05. The topological polar surface area (TPSA) is 163 Å². The van der Waals surface area contributed by atoms with Gasteiger partial charge in [0.05, 0.1) is 11.4 Å². The standard InChI is InChI=1S/C30H37FN8.2C2H4O2/c1-20-3-4-22(26(31)17-20)18-33-23-7-5-21(6-8-23)28-27-29(32)34-19-35-30(27)39(36-28)25-11-9-24(10-12-25)38-15-13-37(2)14-16-38;2*1-2(3)4/h3-8,17,19,24-25,33H,9-16,18H2,1-2H3,(H2,32,34,35);2*1H3,(H,3,4). The Morgan fingerprint density at radius 1 is 0.936 bits per heavy atom. The Balaban J connectivity index is 0.000000564. The molecule has 2 fully saturated rings. The molecule has 2 aromatic carbocycles. The molecule has 0 amide bonds. The third-order valence-corrected chi connectivity index (χ3v) is 8.43. The van der Waals surface area contributed by atoms with Crippen LogP contribution in [0.3, 0.4) is 0 Å². The molecule has 0 unspecified atom stereocenters. The summed E-state index contributed by atoms with van der Waals surface area (Å²) in [5.41, 5.74) is 11.4. The van der Waals surface area contributed by atoms with Crippen LogP contribution in [0, 0.1) is 12.7 Å². The van der Waals surface area contributed by atoms with E-state index in [2.05, 4.69) is 36.8 Å². The number of hydrogen-bond donors (Lipinski definition) is 4. The largest absolute Gasteiger partial charge is 0.481 e. The van der Waals surface area contributed by atoms with Crippen molar-refractivity contribution in [3.05, 3.63) is 65.7 Å². The SMILES string of the molecule is CC(=O)O.CC(=O)O.Cc1ccc(CNc2ccc(-c3nn(C4CCC(N5CCN(C)CC5)CC4)c4ncnc(N)c34)cc2)c(F)c1. The highest BCUT2D eigenvalue weighted by Crippen LogP contribution is 2.37. The molecular formula is C34H45FN8O4. The highest BCUT2D eigenvalue weighted by atomic mass is 19.1. The van der Waals surface area contributed by atoms with Crippen molar-refractivity contribution in [1.29, 1.82) is 0 Å². The summed E-state index contributed by atoms with van der Waals surface area (Å²) < 4.78 is 16.3. The first-order valence-electron chi connectivity index (χ1n) is 15.8. The second kappa shape index (κ2) is 16.3. The van der Waals surface area contributed by atoms with E-state index in [0.717, 1.165) is 86.4 Å². The molecule has 0 radical (unpaired) electrons. The molecule has 2 aliphatic rings. The number of nitrogens with two attached hydrogens (primary N) is 1. The number of aliphatic carboxylic acids is 2. The number of hydrogen-bond acceptors (Lipinski definition) is 9. The lowest BCUT2D eigenvalue weighted by atomic mass is 9.90. The first-order valence-corrected chi connectivity index (χ1v) is 15.8. The van der Waals surface area contributed by atoms with E-state index < -0.39 is 11.9 Å². The Labute approximate surface area is 274 Å². The molecule has 0 spiro atoms. The van der Waals surface area contributed by atoms with Crippen molar-refractivity contribution in [3.63, 3.8) is 0 Å². The molecule has 47 heavy (non-hydrogen) atoms. The van der Waals surface area contributed by atoms with Gasteiger partial charge in [-0.3, -0.25) is 14.5 Å². The van der Waals surface area contributed by atoms with Gasteiger partial charge >= 0.3 is 0 Å². The molecule has 252 valence electrons. The number of aryl methyl sites for hydroxylation is 1. The first-order chi connectivity index (χ1) is 22.4. The first kappa shape index (κ1) is 35.2. The average Bonchev–Trinajstić information content (AvgIpc) is 3.42. The minimum Gasteiger partial charge on any atom is -0.481 e. The van der Waals surface area contributed by atoms with E-state index >= 15 is 0 Å². The second-order valence-electron chi connectivity index (χ2n) is 12.1. The maximum Gasteiger partial charge on any atom is 0.300 e. The molecule has 1 aliphatic carbocycles. The van der Waals surface area contributed by atoms with E-state index in [1.807, 2.05) is 43.3 Å². The molecule has 1 saturated heterocycles. The molecule has 5 N–H and O–H groups in total. The lowest BCUT2D eigenvalue weighted by Crippen LogP contribution is -2.49. The maximum atomic E-state index is 14.2. The van der Waals surface area contributed by atoms with Crippen LogP contribution < -0.4 is 11.1 Å². The summed E-state index contributed by atoms with van der Waals surface area (Å²) in [6, 6.07) is 14.3. The molecule has 0 bridgehead atoms. The van der Waals surface area contributed by atoms with Gasteiger partial charge in [-0.25, -0.2) is 19.0 Å². The van der Waals surface area contributed by atoms with Crippen LogP contribution in [-0.4, -0.2) is 91.0 Å². The molecule has 12 nitrogen and oxygen atoms in total. The van der Waals surface area contributed by atoms with Gasteiger partial charge in [0.15, 0.2) is 5.65 Å². The summed E-state index contributed by atoms with van der Waals surface area (Å²) >= 11 is 0. The van der Waals surface area contributed by atoms with Crippen molar-refractivity contribution >= 4 is 34.5 Å². The van der Waals surface area contributed by atoms with E-state index in [0.29, 0.717) is 30.0 Å². The predicted octanol–water partition coefficient (Wildman–Crippen LogP) is 5.05. The van der Waals surface area contributed by atoms with Crippen molar-refractivity contribution in [3.8, 4) is 11.3 Å². The van der Waals surface area contributed by atoms with Crippen LogP contribution in [0.4, 0.5) is 15.9 Å². The number of nitrogen functional groups attached to an aromatic ring is 1. The van der Waals surface area contributed by atoms with Gasteiger partial charge in [0.25, 0.3) is 11.9 Å². The number of nitrogens with zero attached hydrogens (tertiary/aromatic N) is 6. The van der Waals surface area contributed by atoms with Gasteiger partial charge in [0.1, 0.15) is 23.7 Å². The smallest absolute Gasteiger partial charge is 0.300 e. The zero-order valence-electron chi connectivity index (χ0n) is 27.5. The zero-order valence-corrected chi connectivity index (χ0v) is 27.5. The fourth-order valence-electron chi connectivity index (χ4n) is 6.05. The van der Waals surface area contributed by atoms with Gasteiger partial charge in [0, 0.05) is 69.4 Å². The van der Waals surface area contributed by atoms with E-state index in [4.69, 9.17) is 30.6 Å². The van der Waals surface area contributed by atoms with Crippen molar-refractivity contribution in [1.82, 2.24) is 29.5 Å². The summed E-state index contributed by atoms with van der Waals surface area (Å²) in [5.74, 6) is -1.41. The summed E-state index contributed by atoms with van der Waals surface area (Å²) in [6.45, 7) is 9.10. The van der Waals surface area contributed by atoms with Gasteiger partial charge in [-0.1, -0.05) is 24.3 Å². The molecule has 0 atom stereocenters. The number of rotatable bonds is 6. The van der Waals surface area contributed by atoms with Crippen LogP contribution in [0.15, 0.2) is 48.8 Å². The quantitative estimate of drug-likeness (QED) is 0.221. The van der Waals surface area contributed by atoms with Crippen LogP contribution >= 0.6 is 0 Å². The lowest BCUT2D eigenvalue weighted by Gasteiger charge is -2.41. The van der Waals surface area contributed by atoms with Crippen molar-refractivity contribution < 1.29 is 24.2 Å². The Morgan fingerprint density at radius 2 is 1.53 bits per heavy atom. The third kappa shape index (κ3) is 9.69. The number of piperazine rings is 1. The van der Waals surface area contributed by atoms with Crippen LogP contribution in [0.1, 0.15) is 56.7 Å². The average molecular weight is 649 g/mol. The van der Waals surface area contributed by atoms with E-state index in [9.17, 15) is 4.39 Å². The maximum absolute atomic E-state index is 14.2. The molecule has 1 saturated carbocycles. The number of aromatic nitrogens is 4. The molecule has 1 aliphatic heterocycles. The number of halogens is 1. The Hall–Kier alpha value is -4.62. The molecular weight excluding hydrogens is 603 g/mol. The van der Waals surface area contributed by atoms with Gasteiger partial charge in [0.2, 0.25) is 0 Å². The van der Waals surface area contributed by atoms with Crippen LogP contribution in [0.2, 0.25) is 0 Å². The van der Waals surface area contributed by atoms with Gasteiger partial charge in [-0.15, -0.1) is 0 Å². The number of carbonyl (C=O) groups is 2. The van der Waals surface area contributed by atoms with E-state index in [1.165, 1.54) is 19.2 Å². The number of nitrogens with one attached hydrogen (secondary N) is 1. The van der Waals surface area contributed by atoms with Gasteiger partial charge in [-0.2, -0.15) is 5.10 Å². The van der Waals surface area contributed by atoms with Crippen LogP contribution in [0.25, 0.3) is 22.3 Å². The number of benzene rings is 2. The molecule has 4 aromatic rings. The molecule has 3 heterocycles. The Bertz CT molecular complexity index is 1630. The van der Waals surface area contributed by atoms with Gasteiger partial charge < -0.3 is 26.2 Å². The fraction of sp³-hybridized carbons (Fsp3) is 0.441. The minimum absolute atomic E-state index is 0.191. The van der Waals surface area contributed by atoms with Crippen molar-refractivity contribution in [2.24, 2.45) is 0 Å². The summed E-state index contributed by atoms with van der Waals surface area (Å²) in [7, 11) is 2.21. The monoisotopic (exact) mass is 648 g/mol. The Kier molecular flexibility index (Phi) is 12.2. The highest BCUT2D eigenvalue weighted by Gasteiger charge is 2.30. The third-order valence-electron chi connectivity index (χ3n) is 8.43. The van der Waals surface area contributed by atoms with Gasteiger partial charge in [-0.05, 0) is 63.4 Å². The highest BCUT2D eigenvalue weighted by molar-refractivity contribution is 5.98. The summed E-state index contributed by atoms with van der Waals surface area (Å²) in [5, 5.41) is 24.0. The molecule has 13 heteroatoms. The summed E-state index contributed by atoms with van der Waals surface area (Å²) in [4.78, 5) is 32.0. The van der Waals surface area contributed by atoms with E-state index in [-0.39, 0.29) is 5.82 Å². The number of fused-ring (bicyclic) bond motifs is 1. The van der Waals surface area contributed by atoms with Crippen LogP contribution in [-0.2, 0) is 16.1 Å². The number of carboxylic acid groups (broad SMARTS) is 2. The second-order valence-corrected chi connectivity index (χ2v) is 12.1. The zero-order chi connectivity index (χ0) is 34.1. The lowest BCUT2D eigenvalue weighted by molar-refractivity contribution is -0.135. The van der Waals surface area contributed by atoms with Crippen molar-refractivity contribution in [2.75, 3.05) is 44.3 Å². The number of anilines is 2. The molecule has 2 aromatic heterocycles. The number of likely N-dealkylation sites (N-methyl/N-ethyl adjacent to an activating group) is 1. The van der Waals surface area contributed by atoms with E-state index in [1.54, 1.807) is 6.07 Å². The normalized spacial score (nSPS) is 18.4. The van der Waals surface area contributed by atoms with Crippen LogP contribution in [0.5, 0.6) is 0 Å². The molecule has 6 rings (SSSR count). The minimum atomic E-state index is -0.833. The predicted molar refractivity (Wildman–Crippen MR) is 181 cm³/mol. The summed E-state index contributed by atoms with van der Waals surface area (Å²) in [6.07, 6.45) is 6.04. The number of carboxylic acids is 2. The Morgan fingerprint density at radius 3 is 2.13 bits per heavy atom. The van der Waals surface area contributed by atoms with Crippen molar-refractivity contribution in [2.45, 2.75) is 65.1 Å².